The first-order valence-electron chi connectivity index (χ1n) is 6.53. The van der Waals surface area contributed by atoms with Crippen LogP contribution in [0.4, 0.5) is 0 Å². The monoisotopic (exact) mass is 269 g/mol. The van der Waals surface area contributed by atoms with E-state index >= 15 is 0 Å². The van der Waals surface area contributed by atoms with Gasteiger partial charge < -0.3 is 9.05 Å². The van der Waals surface area contributed by atoms with Gasteiger partial charge >= 0.3 is 7.60 Å². The van der Waals surface area contributed by atoms with Gasteiger partial charge in [-0.1, -0.05) is 24.3 Å². The van der Waals surface area contributed by atoms with Crippen molar-refractivity contribution in [2.45, 2.75) is 33.1 Å². The predicted octanol–water partition coefficient (Wildman–Crippen LogP) is 4.08. The number of hydrogen-bond acceptors (Lipinski definition) is 3. The zero-order valence-electron chi connectivity index (χ0n) is 11.2. The van der Waals surface area contributed by atoms with E-state index in [4.69, 9.17) is 9.05 Å². The summed E-state index contributed by atoms with van der Waals surface area (Å²) in [4.78, 5) is 0. The van der Waals surface area contributed by atoms with Gasteiger partial charge in [-0.2, -0.15) is 0 Å². The van der Waals surface area contributed by atoms with E-state index in [2.05, 4.69) is 18.2 Å². The second-order valence-corrected chi connectivity index (χ2v) is 6.22. The van der Waals surface area contributed by atoms with Crippen molar-refractivity contribution in [2.75, 3.05) is 19.4 Å². The number of aryl methyl sites for hydroxylation is 1. The lowest BCUT2D eigenvalue weighted by Gasteiger charge is -2.16. The molecule has 0 bridgehead atoms. The molecule has 1 aromatic carbocycles. The van der Waals surface area contributed by atoms with Crippen molar-refractivity contribution in [1.29, 1.82) is 0 Å². The molecule has 0 amide bonds. The Hall–Kier alpha value is -0.630. The van der Waals surface area contributed by atoms with E-state index in [9.17, 15) is 4.57 Å². The Labute approximate surface area is 110 Å². The summed E-state index contributed by atoms with van der Waals surface area (Å²) >= 11 is 0. The minimum atomic E-state index is -2.85. The predicted molar refractivity (Wildman–Crippen MR) is 73.9 cm³/mol. The van der Waals surface area contributed by atoms with Crippen molar-refractivity contribution in [3.8, 4) is 0 Å². The quantitative estimate of drug-likeness (QED) is 0.500. The Morgan fingerprint density at radius 2 is 1.72 bits per heavy atom. The fraction of sp³-hybridized carbons (Fsp3) is 0.571. The highest BCUT2D eigenvalue weighted by molar-refractivity contribution is 7.53. The van der Waals surface area contributed by atoms with Crippen LogP contribution in [0.25, 0.3) is 0 Å². The molecule has 1 rings (SSSR count). The first-order valence-corrected chi connectivity index (χ1v) is 8.26. The second kappa shape index (κ2) is 8.47. The first-order chi connectivity index (χ1) is 8.70. The summed E-state index contributed by atoms with van der Waals surface area (Å²) < 4.78 is 22.7. The van der Waals surface area contributed by atoms with Crippen LogP contribution >= 0.6 is 7.60 Å². The summed E-state index contributed by atoms with van der Waals surface area (Å²) in [5.74, 6) is 0. The topological polar surface area (TPSA) is 35.5 Å². The van der Waals surface area contributed by atoms with Crippen LogP contribution < -0.4 is 0 Å². The molecule has 0 fully saturated rings. The molecule has 18 heavy (non-hydrogen) atoms. The first kappa shape index (κ1) is 15.4. The Bertz CT molecular complexity index is 355. The molecular formula is C14H22O3P. The molecule has 0 aromatic heterocycles. The lowest BCUT2D eigenvalue weighted by Crippen LogP contribution is -2.00. The summed E-state index contributed by atoms with van der Waals surface area (Å²) in [5, 5.41) is 0. The molecule has 4 heteroatoms. The van der Waals surface area contributed by atoms with Crippen LogP contribution in [-0.2, 0) is 20.0 Å². The molecule has 0 spiro atoms. The molecule has 3 nitrogen and oxygen atoms in total. The smallest absolute Gasteiger partial charge is 0.309 e. The number of hydrogen-bond donors (Lipinski definition) is 0. The Morgan fingerprint density at radius 1 is 1.11 bits per heavy atom. The maximum atomic E-state index is 12.2. The Morgan fingerprint density at radius 3 is 2.28 bits per heavy atom. The molecule has 0 aliphatic carbocycles. The molecule has 0 atom stereocenters. The van der Waals surface area contributed by atoms with Gasteiger partial charge in [-0.15, -0.1) is 0 Å². The highest BCUT2D eigenvalue weighted by Gasteiger charge is 2.22. The fourth-order valence-electron chi connectivity index (χ4n) is 1.78. The minimum absolute atomic E-state index is 0.436. The molecule has 0 saturated heterocycles. The van der Waals surface area contributed by atoms with Crippen molar-refractivity contribution < 1.29 is 13.6 Å². The number of benzene rings is 1. The average molecular weight is 269 g/mol. The van der Waals surface area contributed by atoms with E-state index in [1.165, 1.54) is 5.56 Å². The van der Waals surface area contributed by atoms with E-state index in [-0.39, 0.29) is 0 Å². The normalized spacial score (nSPS) is 11.7. The van der Waals surface area contributed by atoms with Gasteiger partial charge in [0.05, 0.1) is 19.4 Å². The Balaban J connectivity index is 2.29. The zero-order chi connectivity index (χ0) is 13.3. The zero-order valence-corrected chi connectivity index (χ0v) is 12.1. The molecule has 0 N–H and O–H groups in total. The number of rotatable bonds is 9. The van der Waals surface area contributed by atoms with Crippen LogP contribution in [0.2, 0.25) is 0 Å². The van der Waals surface area contributed by atoms with Crippen molar-refractivity contribution in [3.63, 3.8) is 0 Å². The molecule has 1 radical (unpaired) electrons. The van der Waals surface area contributed by atoms with E-state index in [1.54, 1.807) is 0 Å². The summed E-state index contributed by atoms with van der Waals surface area (Å²) in [7, 11) is -2.85. The van der Waals surface area contributed by atoms with E-state index in [1.807, 2.05) is 26.0 Å². The minimum Gasteiger partial charge on any atom is -0.309 e. The van der Waals surface area contributed by atoms with Gasteiger partial charge in [-0.25, -0.2) is 0 Å². The van der Waals surface area contributed by atoms with Gasteiger partial charge in [-0.3, -0.25) is 4.57 Å². The van der Waals surface area contributed by atoms with Gasteiger partial charge in [0.2, 0.25) is 0 Å². The van der Waals surface area contributed by atoms with Crippen molar-refractivity contribution in [1.82, 2.24) is 0 Å². The van der Waals surface area contributed by atoms with Crippen molar-refractivity contribution in [3.05, 3.63) is 35.9 Å². The van der Waals surface area contributed by atoms with Crippen molar-refractivity contribution in [2.24, 2.45) is 0 Å². The van der Waals surface area contributed by atoms with Crippen molar-refractivity contribution >= 4 is 7.60 Å². The molecule has 1 aromatic rings. The SMILES string of the molecule is CCOP(=O)(CCCCc1cc[c]cc1)OCC. The van der Waals surface area contributed by atoms with Crippen LogP contribution in [0.5, 0.6) is 0 Å². The highest BCUT2D eigenvalue weighted by atomic mass is 31.2. The lowest BCUT2D eigenvalue weighted by atomic mass is 10.1. The van der Waals surface area contributed by atoms with E-state index < -0.39 is 7.60 Å². The third-order valence-electron chi connectivity index (χ3n) is 2.59. The molecule has 0 heterocycles. The summed E-state index contributed by atoms with van der Waals surface area (Å²) in [6.45, 7) is 4.55. The largest absolute Gasteiger partial charge is 0.330 e. The highest BCUT2D eigenvalue weighted by Crippen LogP contribution is 2.48. The van der Waals surface area contributed by atoms with Crippen LogP contribution in [-0.4, -0.2) is 19.4 Å². The molecule has 0 unspecified atom stereocenters. The van der Waals surface area contributed by atoms with Crippen LogP contribution in [0.1, 0.15) is 32.3 Å². The fourth-order valence-corrected chi connectivity index (χ4v) is 3.51. The summed E-state index contributed by atoms with van der Waals surface area (Å²) in [6, 6.07) is 11.0. The van der Waals surface area contributed by atoms with Crippen LogP contribution in [0, 0.1) is 6.07 Å². The maximum absolute atomic E-state index is 12.2. The van der Waals surface area contributed by atoms with Gasteiger partial charge in [0, 0.05) is 0 Å². The standard InChI is InChI=1S/C14H22O3P/c1-3-16-18(15,17-4-2)13-9-8-12-14-10-6-5-7-11-14/h6-7,10-11H,3-4,8-9,12-13H2,1-2H3. The van der Waals surface area contributed by atoms with Crippen LogP contribution in [0.15, 0.2) is 24.3 Å². The Kier molecular flexibility index (Phi) is 7.26. The van der Waals surface area contributed by atoms with Crippen LogP contribution in [0.3, 0.4) is 0 Å². The molecular weight excluding hydrogens is 247 g/mol. The van der Waals surface area contributed by atoms with Gasteiger partial charge in [-0.05, 0) is 44.7 Å². The van der Waals surface area contributed by atoms with E-state index in [0.717, 1.165) is 19.3 Å². The summed E-state index contributed by atoms with van der Waals surface area (Å²) in [6.07, 6.45) is 3.35. The molecule has 101 valence electrons. The maximum Gasteiger partial charge on any atom is 0.330 e. The van der Waals surface area contributed by atoms with Gasteiger partial charge in [0.15, 0.2) is 0 Å². The number of unbranched alkanes of at least 4 members (excludes halogenated alkanes) is 1. The third-order valence-corrected chi connectivity index (χ3v) is 4.75. The lowest BCUT2D eigenvalue weighted by molar-refractivity contribution is 0.219. The third kappa shape index (κ3) is 5.81. The van der Waals surface area contributed by atoms with Gasteiger partial charge in [0.25, 0.3) is 0 Å². The van der Waals surface area contributed by atoms with Gasteiger partial charge in [0.1, 0.15) is 0 Å². The average Bonchev–Trinajstić information content (AvgIpc) is 2.37. The molecule has 0 saturated carbocycles. The summed E-state index contributed by atoms with van der Waals surface area (Å²) in [5.41, 5.74) is 1.29. The molecule has 0 aliphatic heterocycles. The molecule has 0 aliphatic rings. The van der Waals surface area contributed by atoms with E-state index in [0.29, 0.717) is 19.4 Å². The second-order valence-electron chi connectivity index (χ2n) is 4.04.